The maximum Gasteiger partial charge on any atom is 0.352 e. The van der Waals surface area contributed by atoms with Crippen molar-refractivity contribution in [2.45, 2.75) is 13.5 Å². The van der Waals surface area contributed by atoms with Crippen molar-refractivity contribution in [3.05, 3.63) is 38.7 Å². The molecule has 0 aliphatic carbocycles. The largest absolute Gasteiger partial charge is 0.352 e. The third-order valence-electron chi connectivity index (χ3n) is 1.99. The zero-order valence-corrected chi connectivity index (χ0v) is 11.2. The molecule has 0 N–H and O–H groups in total. The summed E-state index contributed by atoms with van der Waals surface area (Å²) < 4.78 is 15.5. The molecule has 0 amide bonds. The Balaban J connectivity index is 2.36. The highest BCUT2D eigenvalue weighted by molar-refractivity contribution is 9.11. The van der Waals surface area contributed by atoms with E-state index in [1.165, 1.54) is 26.9 Å². The van der Waals surface area contributed by atoms with Crippen molar-refractivity contribution in [2.24, 2.45) is 0 Å². The van der Waals surface area contributed by atoms with Crippen molar-refractivity contribution in [1.29, 1.82) is 0 Å². The Kier molecular flexibility index (Phi) is 3.53. The summed E-state index contributed by atoms with van der Waals surface area (Å²) >= 11 is 4.59. The summed E-state index contributed by atoms with van der Waals surface area (Å²) in [6, 6.07) is 0. The molecule has 17 heavy (non-hydrogen) atoms. The van der Waals surface area contributed by atoms with Crippen molar-refractivity contribution in [3.63, 3.8) is 0 Å². The van der Waals surface area contributed by atoms with Gasteiger partial charge in [-0.15, -0.1) is 0 Å². The Labute approximate surface area is 108 Å². The fraction of sp³-hybridized carbons (Fsp3) is 0.222. The van der Waals surface area contributed by atoms with Crippen molar-refractivity contribution in [3.8, 4) is 5.13 Å². The number of allylic oxidation sites excluding steroid dienone is 1. The van der Waals surface area contributed by atoms with Gasteiger partial charge in [-0.1, -0.05) is 11.3 Å². The molecule has 2 aromatic rings. The number of hydrogen-bond acceptors (Lipinski definition) is 4. The monoisotopic (exact) mass is 318 g/mol. The average Bonchev–Trinajstić information content (AvgIpc) is 2.87. The van der Waals surface area contributed by atoms with Crippen molar-refractivity contribution in [1.82, 2.24) is 19.3 Å². The molecule has 0 saturated heterocycles. The summed E-state index contributed by atoms with van der Waals surface area (Å²) in [4.78, 5) is 15.9. The van der Waals surface area contributed by atoms with Crippen LogP contribution in [0.4, 0.5) is 4.39 Å². The highest BCUT2D eigenvalue weighted by atomic mass is 79.9. The smallest absolute Gasteiger partial charge is 0.245 e. The normalized spacial score (nSPS) is 12.1. The molecule has 0 spiro atoms. The minimum absolute atomic E-state index is 0.134. The van der Waals surface area contributed by atoms with Crippen LogP contribution in [0, 0.1) is 0 Å². The first-order valence-corrected chi connectivity index (χ1v) is 6.25. The number of hydrogen-bond donors (Lipinski definition) is 0. The van der Waals surface area contributed by atoms with Crippen LogP contribution in [-0.4, -0.2) is 19.3 Å². The van der Waals surface area contributed by atoms with Gasteiger partial charge in [0, 0.05) is 0 Å². The Morgan fingerprint density at radius 2 is 2.47 bits per heavy atom. The van der Waals surface area contributed by atoms with E-state index >= 15 is 0 Å². The van der Waals surface area contributed by atoms with E-state index < -0.39 is 0 Å². The van der Waals surface area contributed by atoms with Gasteiger partial charge in [0.25, 0.3) is 0 Å². The van der Waals surface area contributed by atoms with Crippen LogP contribution in [-0.2, 0) is 6.54 Å². The van der Waals surface area contributed by atoms with Crippen LogP contribution in [0.25, 0.3) is 5.13 Å². The number of nitrogens with zero attached hydrogens (tertiary/aromatic N) is 4. The maximum atomic E-state index is 12.2. The van der Waals surface area contributed by atoms with E-state index in [1.807, 2.05) is 0 Å². The lowest BCUT2D eigenvalue weighted by atomic mass is 10.3. The lowest BCUT2D eigenvalue weighted by Crippen LogP contribution is -2.24. The molecule has 0 atom stereocenters. The van der Waals surface area contributed by atoms with E-state index in [0.29, 0.717) is 17.0 Å². The second kappa shape index (κ2) is 4.92. The van der Waals surface area contributed by atoms with Gasteiger partial charge >= 0.3 is 5.69 Å². The zero-order chi connectivity index (χ0) is 12.4. The molecule has 0 saturated carbocycles. The molecule has 2 rings (SSSR count). The van der Waals surface area contributed by atoms with E-state index in [0.717, 1.165) is 3.79 Å². The molecule has 90 valence electrons. The predicted octanol–water partition coefficient (Wildman–Crippen LogP) is 2.13. The minimum atomic E-state index is -0.340. The first kappa shape index (κ1) is 12.2. The highest BCUT2D eigenvalue weighted by Crippen LogP contribution is 2.20. The Hall–Kier alpha value is -1.28. The first-order valence-electron chi connectivity index (χ1n) is 4.64. The fourth-order valence-electron chi connectivity index (χ4n) is 1.20. The Morgan fingerprint density at radius 3 is 3.06 bits per heavy atom. The van der Waals surface area contributed by atoms with Crippen LogP contribution in [0.15, 0.2) is 33.0 Å². The van der Waals surface area contributed by atoms with Gasteiger partial charge in [0.15, 0.2) is 5.13 Å². The van der Waals surface area contributed by atoms with Gasteiger partial charge in [-0.3, -0.25) is 0 Å². The molecule has 0 bridgehead atoms. The van der Waals surface area contributed by atoms with Crippen molar-refractivity contribution < 1.29 is 4.39 Å². The molecule has 8 heteroatoms. The van der Waals surface area contributed by atoms with Crippen molar-refractivity contribution in [2.75, 3.05) is 0 Å². The Bertz CT molecular complexity index is 615. The number of halogens is 2. The van der Waals surface area contributed by atoms with E-state index in [-0.39, 0.29) is 12.2 Å². The van der Waals surface area contributed by atoms with Gasteiger partial charge in [0.2, 0.25) is 0 Å². The molecular formula is C9H8BrFN4OS. The fourth-order valence-corrected chi connectivity index (χ4v) is 2.35. The number of thiazole rings is 1. The third-order valence-corrected chi connectivity index (χ3v) is 3.47. The summed E-state index contributed by atoms with van der Waals surface area (Å²) in [5.41, 5.74) is 0.0886. The van der Waals surface area contributed by atoms with E-state index in [4.69, 9.17) is 0 Å². The maximum absolute atomic E-state index is 12.2. The lowest BCUT2D eigenvalue weighted by molar-refractivity contribution is 0.620. The van der Waals surface area contributed by atoms with Crippen molar-refractivity contribution >= 4 is 27.3 Å². The van der Waals surface area contributed by atoms with Crippen LogP contribution < -0.4 is 5.69 Å². The summed E-state index contributed by atoms with van der Waals surface area (Å²) in [6.45, 7) is 1.72. The standard InChI is InChI=1S/C9H8BrFN4OS/c1-6(2-11)4-15-9(16)14(5-13-15)8-12-3-7(10)17-8/h2-3,5H,4H2,1H3/b6-2-. The topological polar surface area (TPSA) is 52.7 Å². The molecule has 0 unspecified atom stereocenters. The summed E-state index contributed by atoms with van der Waals surface area (Å²) in [5.74, 6) is 0. The average molecular weight is 319 g/mol. The molecule has 0 aromatic carbocycles. The van der Waals surface area contributed by atoms with Gasteiger partial charge in [-0.05, 0) is 28.4 Å². The molecular weight excluding hydrogens is 311 g/mol. The molecule has 0 radical (unpaired) electrons. The van der Waals surface area contributed by atoms with Gasteiger partial charge in [0.05, 0.1) is 22.9 Å². The lowest BCUT2D eigenvalue weighted by Gasteiger charge is -1.97. The summed E-state index contributed by atoms with van der Waals surface area (Å²) in [5, 5.41) is 4.42. The summed E-state index contributed by atoms with van der Waals surface area (Å²) in [7, 11) is 0. The summed E-state index contributed by atoms with van der Waals surface area (Å²) in [6.07, 6.45) is 3.45. The molecule has 0 fully saturated rings. The number of aromatic nitrogens is 4. The number of rotatable bonds is 3. The van der Waals surface area contributed by atoms with Crippen LogP contribution >= 0.6 is 27.3 Å². The van der Waals surface area contributed by atoms with E-state index in [1.54, 1.807) is 13.1 Å². The quantitative estimate of drug-likeness (QED) is 0.871. The second-order valence-electron chi connectivity index (χ2n) is 3.34. The van der Waals surface area contributed by atoms with Crippen LogP contribution in [0.1, 0.15) is 6.92 Å². The molecule has 0 aliphatic rings. The van der Waals surface area contributed by atoms with Crippen LogP contribution in [0.3, 0.4) is 0 Å². The van der Waals surface area contributed by atoms with Gasteiger partial charge in [0.1, 0.15) is 6.33 Å². The highest BCUT2D eigenvalue weighted by Gasteiger charge is 2.10. The zero-order valence-electron chi connectivity index (χ0n) is 8.80. The van der Waals surface area contributed by atoms with E-state index in [2.05, 4.69) is 26.0 Å². The van der Waals surface area contributed by atoms with Gasteiger partial charge < -0.3 is 0 Å². The minimum Gasteiger partial charge on any atom is -0.245 e. The van der Waals surface area contributed by atoms with Crippen LogP contribution in [0.5, 0.6) is 0 Å². The molecule has 0 aliphatic heterocycles. The van der Waals surface area contributed by atoms with Gasteiger partial charge in [-0.2, -0.15) is 5.10 Å². The predicted molar refractivity (Wildman–Crippen MR) is 66.1 cm³/mol. The molecule has 5 nitrogen and oxygen atoms in total. The molecule has 2 heterocycles. The second-order valence-corrected chi connectivity index (χ2v) is 5.73. The Morgan fingerprint density at radius 1 is 1.71 bits per heavy atom. The SMILES string of the molecule is C/C(=C/F)Cn1ncn(-c2ncc(Br)s2)c1=O. The van der Waals surface area contributed by atoms with Crippen LogP contribution in [0.2, 0.25) is 0 Å². The van der Waals surface area contributed by atoms with Gasteiger partial charge in [-0.25, -0.2) is 23.4 Å². The van der Waals surface area contributed by atoms with E-state index in [9.17, 15) is 9.18 Å². The first-order chi connectivity index (χ1) is 8.11. The third kappa shape index (κ3) is 2.52. The molecule has 2 aromatic heterocycles.